The molecule has 1 aromatic carbocycles. The fraction of sp³-hybridized carbons (Fsp3) is 0.538. The van der Waals surface area contributed by atoms with Gasteiger partial charge in [-0.15, -0.1) is 0 Å². The molecule has 4 nitrogen and oxygen atoms in total. The zero-order valence-corrected chi connectivity index (χ0v) is 9.74. The van der Waals surface area contributed by atoms with E-state index in [1.54, 1.807) is 12.1 Å². The third-order valence-electron chi connectivity index (χ3n) is 3.44. The first kappa shape index (κ1) is 10.7. The first-order chi connectivity index (χ1) is 8.34. The molecule has 0 aliphatic carbocycles. The minimum absolute atomic E-state index is 0.321. The van der Waals surface area contributed by atoms with Crippen LogP contribution < -0.4 is 14.8 Å². The normalized spacial score (nSPS) is 22.7. The van der Waals surface area contributed by atoms with Crippen molar-refractivity contribution in [1.29, 1.82) is 0 Å². The number of benzene rings is 1. The second-order valence-electron chi connectivity index (χ2n) is 4.65. The van der Waals surface area contributed by atoms with Crippen LogP contribution in [-0.2, 0) is 6.42 Å². The molecular formula is C13H17NO3. The lowest BCUT2D eigenvalue weighted by Gasteiger charge is -2.22. The summed E-state index contributed by atoms with van der Waals surface area (Å²) in [5.74, 6) is 2.40. The maximum Gasteiger partial charge on any atom is 0.168 e. The number of rotatable bonds is 2. The molecule has 3 rings (SSSR count). The minimum Gasteiger partial charge on any atom is -0.508 e. The van der Waals surface area contributed by atoms with Crippen LogP contribution in [0.15, 0.2) is 12.1 Å². The zero-order valence-electron chi connectivity index (χ0n) is 9.74. The first-order valence-electron chi connectivity index (χ1n) is 6.16. The minimum atomic E-state index is 0.321. The Morgan fingerprint density at radius 1 is 1.29 bits per heavy atom. The van der Waals surface area contributed by atoms with Crippen LogP contribution in [0.4, 0.5) is 0 Å². The largest absolute Gasteiger partial charge is 0.508 e. The third-order valence-corrected chi connectivity index (χ3v) is 3.44. The van der Waals surface area contributed by atoms with Gasteiger partial charge in [-0.2, -0.15) is 0 Å². The number of phenolic OH excluding ortho intramolecular Hbond substituents is 1. The predicted octanol–water partition coefficient (Wildman–Crippen LogP) is 1.32. The van der Waals surface area contributed by atoms with Gasteiger partial charge in [0, 0.05) is 5.56 Å². The van der Waals surface area contributed by atoms with Gasteiger partial charge in [0.1, 0.15) is 19.0 Å². The van der Waals surface area contributed by atoms with E-state index in [4.69, 9.17) is 9.47 Å². The standard InChI is InChI=1S/C13H17NO3/c15-11-1-2-12-13(17-6-5-16-12)10(11)7-9-3-4-14-8-9/h1-2,9,14-15H,3-8H2. The average molecular weight is 235 g/mol. The summed E-state index contributed by atoms with van der Waals surface area (Å²) in [5, 5.41) is 13.3. The van der Waals surface area contributed by atoms with Crippen molar-refractivity contribution in [3.63, 3.8) is 0 Å². The highest BCUT2D eigenvalue weighted by Gasteiger charge is 2.23. The Morgan fingerprint density at radius 2 is 2.18 bits per heavy atom. The van der Waals surface area contributed by atoms with Gasteiger partial charge >= 0.3 is 0 Å². The summed E-state index contributed by atoms with van der Waals surface area (Å²) < 4.78 is 11.2. The fourth-order valence-corrected chi connectivity index (χ4v) is 2.54. The number of nitrogens with one attached hydrogen (secondary N) is 1. The van der Waals surface area contributed by atoms with Crippen LogP contribution in [0.1, 0.15) is 12.0 Å². The second-order valence-corrected chi connectivity index (χ2v) is 4.65. The van der Waals surface area contributed by atoms with Gasteiger partial charge in [0.15, 0.2) is 11.5 Å². The van der Waals surface area contributed by atoms with E-state index in [0.29, 0.717) is 24.9 Å². The summed E-state index contributed by atoms with van der Waals surface area (Å²) in [6, 6.07) is 3.48. The van der Waals surface area contributed by atoms with Gasteiger partial charge in [0.25, 0.3) is 0 Å². The van der Waals surface area contributed by atoms with Crippen LogP contribution in [0.5, 0.6) is 17.2 Å². The van der Waals surface area contributed by atoms with Gasteiger partial charge in [-0.05, 0) is 44.0 Å². The third kappa shape index (κ3) is 2.05. The van der Waals surface area contributed by atoms with E-state index in [1.807, 2.05) is 0 Å². The Kier molecular flexibility index (Phi) is 2.81. The number of hydrogen-bond acceptors (Lipinski definition) is 4. The lowest BCUT2D eigenvalue weighted by molar-refractivity contribution is 0.168. The van der Waals surface area contributed by atoms with Gasteiger partial charge in [-0.3, -0.25) is 0 Å². The molecule has 1 atom stereocenters. The number of aromatic hydroxyl groups is 1. The Balaban J connectivity index is 1.90. The van der Waals surface area contributed by atoms with E-state index in [-0.39, 0.29) is 0 Å². The molecule has 2 aliphatic rings. The average Bonchev–Trinajstić information content (AvgIpc) is 2.86. The second kappa shape index (κ2) is 4.45. The maximum absolute atomic E-state index is 9.97. The molecule has 92 valence electrons. The van der Waals surface area contributed by atoms with E-state index in [0.717, 1.165) is 43.0 Å². The summed E-state index contributed by atoms with van der Waals surface area (Å²) in [7, 11) is 0. The summed E-state index contributed by atoms with van der Waals surface area (Å²) in [4.78, 5) is 0. The first-order valence-corrected chi connectivity index (χ1v) is 6.16. The van der Waals surface area contributed by atoms with E-state index in [1.165, 1.54) is 0 Å². The monoisotopic (exact) mass is 235 g/mol. The smallest absolute Gasteiger partial charge is 0.168 e. The predicted molar refractivity (Wildman–Crippen MR) is 63.8 cm³/mol. The van der Waals surface area contributed by atoms with Crippen molar-refractivity contribution in [1.82, 2.24) is 5.32 Å². The van der Waals surface area contributed by atoms with Crippen molar-refractivity contribution < 1.29 is 14.6 Å². The molecule has 17 heavy (non-hydrogen) atoms. The topological polar surface area (TPSA) is 50.7 Å². The molecule has 0 aromatic heterocycles. The molecule has 1 aromatic rings. The molecule has 0 bridgehead atoms. The van der Waals surface area contributed by atoms with Crippen LogP contribution in [0.3, 0.4) is 0 Å². The quantitative estimate of drug-likeness (QED) is 0.811. The van der Waals surface area contributed by atoms with Crippen LogP contribution in [-0.4, -0.2) is 31.4 Å². The van der Waals surface area contributed by atoms with Gasteiger partial charge in [-0.25, -0.2) is 0 Å². The maximum atomic E-state index is 9.97. The van der Waals surface area contributed by atoms with Crippen LogP contribution >= 0.6 is 0 Å². The molecule has 2 aliphatic heterocycles. The Bertz CT molecular complexity index is 413. The van der Waals surface area contributed by atoms with Gasteiger partial charge in [0.2, 0.25) is 0 Å². The molecule has 0 spiro atoms. The molecule has 1 fully saturated rings. The van der Waals surface area contributed by atoms with E-state index >= 15 is 0 Å². The highest BCUT2D eigenvalue weighted by Crippen LogP contribution is 2.40. The molecule has 2 heterocycles. The molecule has 2 N–H and O–H groups in total. The number of phenols is 1. The number of hydrogen-bond donors (Lipinski definition) is 2. The lowest BCUT2D eigenvalue weighted by Crippen LogP contribution is -2.18. The number of fused-ring (bicyclic) bond motifs is 1. The van der Waals surface area contributed by atoms with Gasteiger partial charge in [-0.1, -0.05) is 0 Å². The van der Waals surface area contributed by atoms with Crippen LogP contribution in [0, 0.1) is 5.92 Å². The zero-order chi connectivity index (χ0) is 11.7. The molecule has 1 unspecified atom stereocenters. The van der Waals surface area contributed by atoms with E-state index in [9.17, 15) is 5.11 Å². The highest BCUT2D eigenvalue weighted by atomic mass is 16.6. The lowest BCUT2D eigenvalue weighted by atomic mass is 9.97. The summed E-state index contributed by atoms with van der Waals surface area (Å²) in [6.07, 6.45) is 2.01. The van der Waals surface area contributed by atoms with Crippen LogP contribution in [0.2, 0.25) is 0 Å². The van der Waals surface area contributed by atoms with E-state index < -0.39 is 0 Å². The van der Waals surface area contributed by atoms with Crippen LogP contribution in [0.25, 0.3) is 0 Å². The summed E-state index contributed by atoms with van der Waals surface area (Å²) >= 11 is 0. The summed E-state index contributed by atoms with van der Waals surface area (Å²) in [6.45, 7) is 3.23. The highest BCUT2D eigenvalue weighted by molar-refractivity contribution is 5.54. The fourth-order valence-electron chi connectivity index (χ4n) is 2.54. The Morgan fingerprint density at radius 3 is 3.00 bits per heavy atom. The molecular weight excluding hydrogens is 218 g/mol. The van der Waals surface area contributed by atoms with Crippen molar-refractivity contribution in [3.8, 4) is 17.2 Å². The molecule has 1 saturated heterocycles. The molecule has 0 radical (unpaired) electrons. The molecule has 0 amide bonds. The summed E-state index contributed by atoms with van der Waals surface area (Å²) in [5.41, 5.74) is 0.899. The van der Waals surface area contributed by atoms with Crippen molar-refractivity contribution in [2.24, 2.45) is 5.92 Å². The van der Waals surface area contributed by atoms with Crippen molar-refractivity contribution in [2.45, 2.75) is 12.8 Å². The molecule has 0 saturated carbocycles. The Labute approximate surface area is 101 Å². The van der Waals surface area contributed by atoms with Gasteiger partial charge < -0.3 is 19.9 Å². The van der Waals surface area contributed by atoms with Crippen molar-refractivity contribution in [2.75, 3.05) is 26.3 Å². The SMILES string of the molecule is Oc1ccc2c(c1CC1CCNC1)OCCO2. The molecule has 4 heteroatoms. The van der Waals surface area contributed by atoms with Crippen molar-refractivity contribution in [3.05, 3.63) is 17.7 Å². The van der Waals surface area contributed by atoms with Crippen molar-refractivity contribution >= 4 is 0 Å². The number of ether oxygens (including phenoxy) is 2. The van der Waals surface area contributed by atoms with Gasteiger partial charge in [0.05, 0.1) is 0 Å². The van der Waals surface area contributed by atoms with E-state index in [2.05, 4.69) is 5.32 Å². The Hall–Kier alpha value is -1.42.